The summed E-state index contributed by atoms with van der Waals surface area (Å²) in [5.74, 6) is -1.14. The van der Waals surface area contributed by atoms with Crippen LogP contribution in [-0.2, 0) is 6.54 Å². The normalized spacial score (nSPS) is 12.7. The third kappa shape index (κ3) is 4.01. The van der Waals surface area contributed by atoms with Gasteiger partial charge in [0.05, 0.1) is 40.4 Å². The summed E-state index contributed by atoms with van der Waals surface area (Å²) < 4.78 is 1.87. The van der Waals surface area contributed by atoms with Gasteiger partial charge in [-0.2, -0.15) is 5.10 Å². The highest BCUT2D eigenvalue weighted by molar-refractivity contribution is 6.34. The van der Waals surface area contributed by atoms with Crippen molar-refractivity contribution >= 4 is 29.1 Å². The van der Waals surface area contributed by atoms with E-state index in [0.29, 0.717) is 40.3 Å². The predicted molar refractivity (Wildman–Crippen MR) is 134 cm³/mol. The number of carbonyl (C=O) groups is 3. The highest BCUT2D eigenvalue weighted by atomic mass is 16.2. The number of imide groups is 1. The van der Waals surface area contributed by atoms with E-state index in [9.17, 15) is 14.4 Å². The van der Waals surface area contributed by atoms with E-state index < -0.39 is 11.8 Å². The molecule has 0 fully saturated rings. The van der Waals surface area contributed by atoms with Gasteiger partial charge in [0.15, 0.2) is 0 Å². The molecule has 0 atom stereocenters. The first-order valence-corrected chi connectivity index (χ1v) is 11.3. The van der Waals surface area contributed by atoms with Gasteiger partial charge in [0.25, 0.3) is 17.7 Å². The van der Waals surface area contributed by atoms with Crippen molar-refractivity contribution in [2.75, 3.05) is 10.2 Å². The molecule has 5 rings (SSSR count). The van der Waals surface area contributed by atoms with Crippen molar-refractivity contribution in [1.29, 1.82) is 0 Å². The maximum absolute atomic E-state index is 13.1. The summed E-state index contributed by atoms with van der Waals surface area (Å²) in [6.07, 6.45) is 0. The van der Waals surface area contributed by atoms with Gasteiger partial charge in [-0.25, -0.2) is 4.90 Å². The number of carbonyl (C=O) groups excluding carboxylic acids is 3. The van der Waals surface area contributed by atoms with Crippen molar-refractivity contribution in [3.8, 4) is 0 Å². The van der Waals surface area contributed by atoms with Gasteiger partial charge >= 0.3 is 0 Å². The van der Waals surface area contributed by atoms with Crippen LogP contribution < -0.4 is 10.2 Å². The molecular weight excluding hydrogens is 440 g/mol. The minimum atomic E-state index is -0.396. The van der Waals surface area contributed by atoms with Gasteiger partial charge < -0.3 is 5.32 Å². The van der Waals surface area contributed by atoms with E-state index >= 15 is 0 Å². The Kier molecular flexibility index (Phi) is 5.53. The number of anilines is 2. The average molecular weight is 465 g/mol. The molecule has 0 bridgehead atoms. The molecule has 1 aromatic heterocycles. The number of rotatable bonds is 5. The number of benzene rings is 3. The zero-order valence-corrected chi connectivity index (χ0v) is 19.7. The molecule has 3 amide bonds. The lowest BCUT2D eigenvalue weighted by Crippen LogP contribution is -2.29. The summed E-state index contributed by atoms with van der Waals surface area (Å²) >= 11 is 0. The summed E-state index contributed by atoms with van der Waals surface area (Å²) in [5.41, 5.74) is 5.92. The molecule has 7 nitrogen and oxygen atoms in total. The zero-order valence-electron chi connectivity index (χ0n) is 19.7. The van der Waals surface area contributed by atoms with Gasteiger partial charge in [0, 0.05) is 5.56 Å². The molecule has 7 heteroatoms. The third-order valence-electron chi connectivity index (χ3n) is 6.23. The molecule has 35 heavy (non-hydrogen) atoms. The monoisotopic (exact) mass is 464 g/mol. The standard InChI is InChI=1S/C28H24N4O3/c1-17-11-13-20(14-12-17)16-31-19(3)25(18(2)30-31)29-26(33)21-7-6-8-22(15-21)32-27(34)23-9-4-5-10-24(23)28(32)35/h4-15H,16H2,1-3H3,(H,29,33). The third-order valence-corrected chi connectivity index (χ3v) is 6.23. The first-order valence-electron chi connectivity index (χ1n) is 11.3. The van der Waals surface area contributed by atoms with Crippen molar-refractivity contribution in [3.63, 3.8) is 0 Å². The van der Waals surface area contributed by atoms with E-state index in [1.165, 1.54) is 5.56 Å². The van der Waals surface area contributed by atoms with Crippen LogP contribution in [0, 0.1) is 20.8 Å². The number of fused-ring (bicyclic) bond motifs is 1. The molecule has 3 aromatic carbocycles. The first kappa shape index (κ1) is 22.3. The molecule has 0 unspecified atom stereocenters. The van der Waals surface area contributed by atoms with E-state index in [4.69, 9.17) is 0 Å². The number of nitrogens with one attached hydrogen (secondary N) is 1. The molecule has 4 aromatic rings. The highest BCUT2D eigenvalue weighted by Gasteiger charge is 2.36. The lowest BCUT2D eigenvalue weighted by Gasteiger charge is -2.15. The molecule has 1 N–H and O–H groups in total. The summed E-state index contributed by atoms with van der Waals surface area (Å²) in [6.45, 7) is 6.41. The van der Waals surface area contributed by atoms with Crippen LogP contribution in [0.1, 0.15) is 53.6 Å². The van der Waals surface area contributed by atoms with Gasteiger partial charge in [-0.15, -0.1) is 0 Å². The smallest absolute Gasteiger partial charge is 0.266 e. The average Bonchev–Trinajstić information content (AvgIpc) is 3.27. The Labute approximate surface area is 203 Å². The first-order chi connectivity index (χ1) is 16.8. The van der Waals surface area contributed by atoms with Gasteiger partial charge in [-0.1, -0.05) is 48.0 Å². The second-order valence-electron chi connectivity index (χ2n) is 8.68. The van der Waals surface area contributed by atoms with Crippen LogP contribution in [0.25, 0.3) is 0 Å². The number of aryl methyl sites for hydroxylation is 2. The van der Waals surface area contributed by atoms with Crippen molar-refractivity contribution in [2.24, 2.45) is 0 Å². The molecule has 1 aliphatic heterocycles. The lowest BCUT2D eigenvalue weighted by atomic mass is 10.1. The topological polar surface area (TPSA) is 84.3 Å². The molecule has 2 heterocycles. The molecule has 0 spiro atoms. The van der Waals surface area contributed by atoms with E-state index in [2.05, 4.69) is 34.7 Å². The fraction of sp³-hybridized carbons (Fsp3) is 0.143. The number of amides is 3. The molecular formula is C28H24N4O3. The minimum absolute atomic E-state index is 0.337. The second kappa shape index (κ2) is 8.68. The highest BCUT2D eigenvalue weighted by Crippen LogP contribution is 2.29. The largest absolute Gasteiger partial charge is 0.319 e. The van der Waals surface area contributed by atoms with Gasteiger partial charge in [-0.3, -0.25) is 19.1 Å². The summed E-state index contributed by atoms with van der Waals surface area (Å²) in [6, 6.07) is 21.5. The molecule has 0 saturated heterocycles. The fourth-order valence-electron chi connectivity index (χ4n) is 4.29. The Hall–Kier alpha value is -4.52. The van der Waals surface area contributed by atoms with Crippen LogP contribution in [0.4, 0.5) is 11.4 Å². The Morgan fingerprint density at radius 1 is 0.857 bits per heavy atom. The SMILES string of the molecule is Cc1ccc(Cn2nc(C)c(NC(=O)c3cccc(N4C(=O)c5ccccc5C4=O)c3)c2C)cc1. The van der Waals surface area contributed by atoms with Crippen LogP contribution in [0.15, 0.2) is 72.8 Å². The maximum atomic E-state index is 13.1. The van der Waals surface area contributed by atoms with E-state index in [1.807, 2.05) is 25.5 Å². The number of nitrogens with zero attached hydrogens (tertiary/aromatic N) is 3. The van der Waals surface area contributed by atoms with Crippen LogP contribution in [0.3, 0.4) is 0 Å². The molecule has 0 saturated carbocycles. The Balaban J connectivity index is 1.38. The zero-order chi connectivity index (χ0) is 24.7. The van der Waals surface area contributed by atoms with E-state index in [1.54, 1.807) is 48.5 Å². The molecule has 0 aliphatic carbocycles. The number of hydrogen-bond acceptors (Lipinski definition) is 4. The van der Waals surface area contributed by atoms with Crippen molar-refractivity contribution in [3.05, 3.63) is 112 Å². The van der Waals surface area contributed by atoms with Crippen molar-refractivity contribution in [2.45, 2.75) is 27.3 Å². The molecule has 0 radical (unpaired) electrons. The van der Waals surface area contributed by atoms with Crippen LogP contribution in [-0.4, -0.2) is 27.5 Å². The quantitative estimate of drug-likeness (QED) is 0.426. The maximum Gasteiger partial charge on any atom is 0.266 e. The predicted octanol–water partition coefficient (Wildman–Crippen LogP) is 4.91. The number of hydrogen-bond donors (Lipinski definition) is 1. The lowest BCUT2D eigenvalue weighted by molar-refractivity contribution is 0.0924. The Bertz CT molecular complexity index is 1450. The summed E-state index contributed by atoms with van der Waals surface area (Å²) in [5, 5.41) is 7.56. The van der Waals surface area contributed by atoms with Crippen molar-refractivity contribution < 1.29 is 14.4 Å². The summed E-state index contributed by atoms with van der Waals surface area (Å²) in [7, 11) is 0. The second-order valence-corrected chi connectivity index (χ2v) is 8.68. The van der Waals surface area contributed by atoms with Gasteiger partial charge in [0.2, 0.25) is 0 Å². The molecule has 1 aliphatic rings. The van der Waals surface area contributed by atoms with Gasteiger partial charge in [-0.05, 0) is 56.7 Å². The minimum Gasteiger partial charge on any atom is -0.319 e. The Morgan fingerprint density at radius 3 is 2.17 bits per heavy atom. The number of aromatic nitrogens is 2. The van der Waals surface area contributed by atoms with Crippen LogP contribution in [0.2, 0.25) is 0 Å². The van der Waals surface area contributed by atoms with Crippen LogP contribution >= 0.6 is 0 Å². The van der Waals surface area contributed by atoms with Crippen molar-refractivity contribution in [1.82, 2.24) is 9.78 Å². The molecule has 174 valence electrons. The van der Waals surface area contributed by atoms with E-state index in [-0.39, 0.29) is 5.91 Å². The van der Waals surface area contributed by atoms with Gasteiger partial charge in [0.1, 0.15) is 0 Å². The summed E-state index contributed by atoms with van der Waals surface area (Å²) in [4.78, 5) is 39.9. The Morgan fingerprint density at radius 2 is 1.51 bits per heavy atom. The van der Waals surface area contributed by atoms with E-state index in [0.717, 1.165) is 16.2 Å². The fourth-order valence-corrected chi connectivity index (χ4v) is 4.29. The van der Waals surface area contributed by atoms with Crippen LogP contribution in [0.5, 0.6) is 0 Å².